The maximum absolute atomic E-state index is 12.4. The summed E-state index contributed by atoms with van der Waals surface area (Å²) in [4.78, 5) is 45.1. The second kappa shape index (κ2) is 21.3. The molecule has 3 heterocycles. The fourth-order valence-electron chi connectivity index (χ4n) is 6.48. The van der Waals surface area contributed by atoms with Crippen molar-refractivity contribution in [3.8, 4) is 5.75 Å². The van der Waals surface area contributed by atoms with Gasteiger partial charge in [-0.2, -0.15) is 21.6 Å². The van der Waals surface area contributed by atoms with Gasteiger partial charge in [0, 0.05) is 36.1 Å². The van der Waals surface area contributed by atoms with E-state index in [1.807, 2.05) is 27.7 Å². The van der Waals surface area contributed by atoms with Crippen molar-refractivity contribution < 1.29 is 103 Å². The lowest BCUT2D eigenvalue weighted by Crippen LogP contribution is -2.57. The number of aliphatic hydroxyl groups excluding tert-OH is 4. The van der Waals surface area contributed by atoms with E-state index in [0.29, 0.717) is 5.56 Å². The number of rotatable bonds is 11. The van der Waals surface area contributed by atoms with Crippen LogP contribution in [0.1, 0.15) is 78.7 Å². The third-order valence-electron chi connectivity index (χ3n) is 10.4. The Labute approximate surface area is 369 Å². The molecular formula is C39H50B2F3O19S. The zero-order valence-corrected chi connectivity index (χ0v) is 36.7. The first kappa shape index (κ1) is 54.0. The monoisotopic (exact) mass is 933 g/mol. The van der Waals surface area contributed by atoms with Gasteiger partial charge in [0.05, 0.1) is 11.2 Å². The second-order valence-corrected chi connectivity index (χ2v) is 17.3. The van der Waals surface area contributed by atoms with Crippen molar-refractivity contribution in [2.75, 3.05) is 13.2 Å². The van der Waals surface area contributed by atoms with Gasteiger partial charge in [-0.3, -0.25) is 19.2 Å². The van der Waals surface area contributed by atoms with Crippen LogP contribution in [0.4, 0.5) is 13.2 Å². The topological polar surface area (TPSA) is 266 Å². The molecule has 3 radical (unpaired) electrons. The van der Waals surface area contributed by atoms with Gasteiger partial charge in [0.25, 0.3) is 0 Å². The van der Waals surface area contributed by atoms with Crippen molar-refractivity contribution in [1.29, 1.82) is 0 Å². The molecule has 25 heteroatoms. The molecule has 3 aliphatic heterocycles. The highest BCUT2D eigenvalue weighted by atomic mass is 32.2. The molecule has 0 aromatic heterocycles. The molecule has 19 nitrogen and oxygen atoms in total. The van der Waals surface area contributed by atoms with Crippen LogP contribution in [0.2, 0.25) is 0 Å². The lowest BCUT2D eigenvalue weighted by atomic mass is 9.78. The van der Waals surface area contributed by atoms with Gasteiger partial charge in [-0.05, 0) is 56.4 Å². The van der Waals surface area contributed by atoms with Crippen molar-refractivity contribution in [3.63, 3.8) is 0 Å². The van der Waals surface area contributed by atoms with E-state index in [0.717, 1.165) is 43.6 Å². The minimum Gasteiger partial charge on any atom is -0.463 e. The van der Waals surface area contributed by atoms with Crippen LogP contribution in [0.15, 0.2) is 48.5 Å². The number of benzene rings is 2. The van der Waals surface area contributed by atoms with Crippen LogP contribution < -0.4 is 9.65 Å². The van der Waals surface area contributed by atoms with Gasteiger partial charge in [0.1, 0.15) is 67.8 Å². The summed E-state index contributed by atoms with van der Waals surface area (Å²) in [5, 5.41) is 42.0. The first-order valence-electron chi connectivity index (χ1n) is 19.3. The van der Waals surface area contributed by atoms with E-state index in [1.165, 1.54) is 13.8 Å². The van der Waals surface area contributed by atoms with Gasteiger partial charge < -0.3 is 62.3 Å². The van der Waals surface area contributed by atoms with Gasteiger partial charge in [0.2, 0.25) is 0 Å². The van der Waals surface area contributed by atoms with Crippen molar-refractivity contribution in [1.82, 2.24) is 0 Å². The maximum Gasteiger partial charge on any atom is 0.534 e. The number of carbonyl (C=O) groups is 4. The van der Waals surface area contributed by atoms with E-state index in [2.05, 4.69) is 4.18 Å². The maximum atomic E-state index is 12.4. The summed E-state index contributed by atoms with van der Waals surface area (Å²) in [6.45, 7) is 11.8. The molecule has 64 heavy (non-hydrogen) atoms. The number of carbonyl (C=O) groups excluding carboxylic acids is 4. The molecule has 353 valence electrons. The number of esters is 4. The zero-order chi connectivity index (χ0) is 47.4. The molecule has 0 bridgehead atoms. The average molecular weight is 933 g/mol. The molecule has 3 aliphatic rings. The first-order valence-corrected chi connectivity index (χ1v) is 20.7. The third kappa shape index (κ3) is 13.2. The highest BCUT2D eigenvalue weighted by Gasteiger charge is 2.53. The Balaban J connectivity index is 0.000000335. The quantitative estimate of drug-likeness (QED) is 0.0799. The number of alkyl halides is 3. The first-order chi connectivity index (χ1) is 29.0. The van der Waals surface area contributed by atoms with E-state index in [9.17, 15) is 61.2 Å². The van der Waals surface area contributed by atoms with Crippen LogP contribution in [0.25, 0.3) is 0 Å². The molecule has 0 spiro atoms. The second-order valence-electron chi connectivity index (χ2n) is 15.7. The summed E-state index contributed by atoms with van der Waals surface area (Å²) >= 11 is 0. The van der Waals surface area contributed by atoms with E-state index >= 15 is 0 Å². The molecule has 5 rings (SSSR count). The van der Waals surface area contributed by atoms with Crippen LogP contribution in [-0.4, -0.2) is 147 Å². The Kier molecular flexibility index (Phi) is 18.0. The van der Waals surface area contributed by atoms with Crippen LogP contribution in [0, 0.1) is 0 Å². The Bertz CT molecular complexity index is 2020. The molecule has 0 amide bonds. The summed E-state index contributed by atoms with van der Waals surface area (Å²) in [5.41, 5.74) is -5.05. The minimum atomic E-state index is -5.87. The van der Waals surface area contributed by atoms with Crippen molar-refractivity contribution in [2.45, 2.75) is 133 Å². The van der Waals surface area contributed by atoms with Crippen LogP contribution in [0.5, 0.6) is 5.75 Å². The molecule has 0 saturated carbocycles. The summed E-state index contributed by atoms with van der Waals surface area (Å²) in [6, 6.07) is 11.1. The predicted molar refractivity (Wildman–Crippen MR) is 214 cm³/mol. The Morgan fingerprint density at radius 3 is 1.33 bits per heavy atom. The van der Waals surface area contributed by atoms with Gasteiger partial charge >= 0.3 is 46.6 Å². The summed E-state index contributed by atoms with van der Waals surface area (Å²) in [6.07, 6.45) is -13.0. The highest BCUT2D eigenvalue weighted by molar-refractivity contribution is 7.88. The third-order valence-corrected chi connectivity index (χ3v) is 11.3. The number of ether oxygens (including phenoxy) is 6. The summed E-state index contributed by atoms with van der Waals surface area (Å²) < 4.78 is 107. The number of hydrogen-bond acceptors (Lipinski definition) is 19. The van der Waals surface area contributed by atoms with Crippen LogP contribution >= 0.6 is 0 Å². The molecule has 4 N–H and O–H groups in total. The normalized spacial score (nSPS) is 28.6. The SMILES string of the molecule is CC(=O)OC[C@H]1O[C@H](c2ccc(B3OC(C)(C)C(C)(C)O3)cc2)[C@@H](O)[C@@H](O)[C@@H]1OC(C)=O.CC(=O)OC[C@H]1O[C@H](c2ccc(OS(=O)(=O)C(F)(F)F)cc2)[C@@H](O)[C@@H](O)[C@@H]1OC(C)=O.[B]. The smallest absolute Gasteiger partial charge is 0.463 e. The molecule has 2 aromatic rings. The van der Waals surface area contributed by atoms with E-state index < -0.39 is 131 Å². The highest BCUT2D eigenvalue weighted by Crippen LogP contribution is 2.38. The van der Waals surface area contributed by atoms with Crippen molar-refractivity contribution in [3.05, 3.63) is 59.7 Å². The van der Waals surface area contributed by atoms with Crippen LogP contribution in [0.3, 0.4) is 0 Å². The molecule has 2 aromatic carbocycles. The number of hydrogen-bond donors (Lipinski definition) is 4. The average Bonchev–Trinajstić information content (AvgIpc) is 3.40. The van der Waals surface area contributed by atoms with E-state index in [-0.39, 0.29) is 20.6 Å². The van der Waals surface area contributed by atoms with E-state index in [1.54, 1.807) is 24.3 Å². The molecule has 0 unspecified atom stereocenters. The minimum absolute atomic E-state index is 0. The Morgan fingerprint density at radius 2 is 1.00 bits per heavy atom. The van der Waals surface area contributed by atoms with E-state index in [4.69, 9.17) is 37.7 Å². The zero-order valence-electron chi connectivity index (χ0n) is 35.9. The summed E-state index contributed by atoms with van der Waals surface area (Å²) in [5.74, 6) is -3.32. The molecule has 0 aliphatic carbocycles. The van der Waals surface area contributed by atoms with Gasteiger partial charge in [-0.25, -0.2) is 0 Å². The summed E-state index contributed by atoms with van der Waals surface area (Å²) in [7, 11) is -6.41. The van der Waals surface area contributed by atoms with Gasteiger partial charge in [-0.1, -0.05) is 36.4 Å². The number of aliphatic hydroxyl groups is 4. The fraction of sp³-hybridized carbons (Fsp3) is 0.590. The molecule has 10 atom stereocenters. The van der Waals surface area contributed by atoms with Crippen molar-refractivity contribution >= 4 is 55.0 Å². The molecule has 3 fully saturated rings. The van der Waals surface area contributed by atoms with Gasteiger partial charge in [0.15, 0.2) is 12.2 Å². The molecular weight excluding hydrogens is 883 g/mol. The van der Waals surface area contributed by atoms with Crippen molar-refractivity contribution in [2.24, 2.45) is 0 Å². The standard InChI is InChI=1S/C22H31BO9.C17H19F3O10S.B/c1-12(24)28-11-16-20(29-13(2)25)18(27)17(26)19(30-16)14-7-9-15(10-8-14)23-31-21(3,4)22(5,6)32-23;1-8(21)27-7-12-16(28-9(2)22)14(24)13(23)15(29-12)10-3-5-11(6-4-10)30-31(25,26)17(18,19)20;/h7-10,16-20,26-27H,11H2,1-6H3;3-6,12-16,23-24H,7H2,1-2H3;/t16-,17+,18-,19-,20-;12-,13+,14-,15-,16-;/m11./s1. The Morgan fingerprint density at radius 1 is 0.641 bits per heavy atom. The number of halogens is 3. The van der Waals surface area contributed by atoms with Crippen LogP contribution in [-0.2, 0) is 67.0 Å². The lowest BCUT2D eigenvalue weighted by Gasteiger charge is -2.42. The lowest BCUT2D eigenvalue weighted by molar-refractivity contribution is -0.242. The fourth-order valence-corrected chi connectivity index (χ4v) is 6.94. The predicted octanol–water partition coefficient (Wildman–Crippen LogP) is 0.833. The largest absolute Gasteiger partial charge is 0.534 e. The molecule has 3 saturated heterocycles. The van der Waals surface area contributed by atoms with Gasteiger partial charge in [-0.15, -0.1) is 0 Å². The Hall–Kier alpha value is -4.33.